The summed E-state index contributed by atoms with van der Waals surface area (Å²) >= 11 is 0. The molecule has 0 fully saturated rings. The van der Waals surface area contributed by atoms with E-state index >= 15 is 0 Å². The molecule has 0 aliphatic carbocycles. The number of nitro benzene ring substituents is 1. The summed E-state index contributed by atoms with van der Waals surface area (Å²) < 4.78 is 10.9. The van der Waals surface area contributed by atoms with Gasteiger partial charge in [-0.15, -0.1) is 0 Å². The van der Waals surface area contributed by atoms with Crippen LogP contribution in [0.3, 0.4) is 0 Å². The van der Waals surface area contributed by atoms with Crippen molar-refractivity contribution in [3.8, 4) is 5.75 Å². The molecule has 0 radical (unpaired) electrons. The van der Waals surface area contributed by atoms with Crippen molar-refractivity contribution in [1.29, 1.82) is 0 Å². The third-order valence-electron chi connectivity index (χ3n) is 4.00. The molecule has 6 heteroatoms. The van der Waals surface area contributed by atoms with Crippen molar-refractivity contribution in [2.75, 3.05) is 0 Å². The van der Waals surface area contributed by atoms with Crippen LogP contribution in [0.2, 0.25) is 0 Å². The fraction of sp³-hybridized carbons (Fsp3) is 0.211. The Kier molecular flexibility index (Phi) is 4.52. The van der Waals surface area contributed by atoms with Crippen molar-refractivity contribution in [2.45, 2.75) is 26.9 Å². The average molecular weight is 339 g/mol. The monoisotopic (exact) mass is 339 g/mol. The van der Waals surface area contributed by atoms with Crippen LogP contribution in [0, 0.1) is 17.0 Å². The van der Waals surface area contributed by atoms with Crippen molar-refractivity contribution in [2.24, 2.45) is 0 Å². The van der Waals surface area contributed by atoms with Crippen LogP contribution in [0.25, 0.3) is 11.0 Å². The number of aryl methyl sites for hydroxylation is 2. The van der Waals surface area contributed by atoms with Gasteiger partial charge in [0, 0.05) is 23.1 Å². The molecule has 1 aromatic heterocycles. The average Bonchev–Trinajstić information content (AvgIpc) is 2.59. The second-order valence-corrected chi connectivity index (χ2v) is 5.79. The van der Waals surface area contributed by atoms with E-state index in [-0.39, 0.29) is 18.0 Å². The third-order valence-corrected chi connectivity index (χ3v) is 4.00. The molecule has 0 aliphatic rings. The molecular weight excluding hydrogens is 322 g/mol. The summed E-state index contributed by atoms with van der Waals surface area (Å²) in [4.78, 5) is 22.5. The summed E-state index contributed by atoms with van der Waals surface area (Å²) in [5.74, 6) is 0.169. The molecule has 0 saturated heterocycles. The van der Waals surface area contributed by atoms with Gasteiger partial charge >= 0.3 is 11.3 Å². The molecular formula is C19H17NO5. The topological polar surface area (TPSA) is 82.6 Å². The lowest BCUT2D eigenvalue weighted by atomic mass is 10.1. The maximum atomic E-state index is 11.8. The van der Waals surface area contributed by atoms with E-state index in [4.69, 9.17) is 9.15 Å². The fourth-order valence-corrected chi connectivity index (χ4v) is 2.66. The molecule has 128 valence electrons. The van der Waals surface area contributed by atoms with Crippen molar-refractivity contribution in [3.63, 3.8) is 0 Å². The Morgan fingerprint density at radius 1 is 1.16 bits per heavy atom. The van der Waals surface area contributed by atoms with Gasteiger partial charge in [-0.1, -0.05) is 25.1 Å². The molecule has 0 N–H and O–H groups in total. The minimum Gasteiger partial charge on any atom is -0.482 e. The molecule has 3 rings (SSSR count). The summed E-state index contributed by atoms with van der Waals surface area (Å²) in [7, 11) is 0. The standard InChI is InChI=1S/C19H17NO5/c1-3-13-5-6-15-14(10-19(21)25-18(15)9-13)11-24-17-7-4-12(2)8-16(17)20(22)23/h4-10H,3,11H2,1-2H3. The molecule has 6 nitrogen and oxygen atoms in total. The highest BCUT2D eigenvalue weighted by atomic mass is 16.6. The first-order valence-electron chi connectivity index (χ1n) is 7.91. The van der Waals surface area contributed by atoms with Gasteiger partial charge in [-0.2, -0.15) is 0 Å². The SMILES string of the molecule is CCc1ccc2c(COc3ccc(C)cc3[N+](=O)[O-])cc(=O)oc2c1. The van der Waals surface area contributed by atoms with Gasteiger partial charge in [0.25, 0.3) is 0 Å². The molecule has 0 unspecified atom stereocenters. The van der Waals surface area contributed by atoms with Gasteiger partial charge in [0.05, 0.1) is 4.92 Å². The van der Waals surface area contributed by atoms with Crippen molar-refractivity contribution in [1.82, 2.24) is 0 Å². The Labute approximate surface area is 143 Å². The number of fused-ring (bicyclic) bond motifs is 1. The molecule has 25 heavy (non-hydrogen) atoms. The maximum absolute atomic E-state index is 11.8. The molecule has 1 heterocycles. The van der Waals surface area contributed by atoms with Crippen molar-refractivity contribution < 1.29 is 14.1 Å². The lowest BCUT2D eigenvalue weighted by Gasteiger charge is -2.09. The Morgan fingerprint density at radius 2 is 1.96 bits per heavy atom. The van der Waals surface area contributed by atoms with E-state index in [0.717, 1.165) is 22.9 Å². The Morgan fingerprint density at radius 3 is 2.68 bits per heavy atom. The number of hydrogen-bond acceptors (Lipinski definition) is 5. The first kappa shape index (κ1) is 16.7. The van der Waals surface area contributed by atoms with E-state index < -0.39 is 10.5 Å². The first-order valence-corrected chi connectivity index (χ1v) is 7.91. The molecule has 0 saturated carbocycles. The molecule has 2 aromatic carbocycles. The van der Waals surface area contributed by atoms with Crippen molar-refractivity contribution >= 4 is 16.7 Å². The van der Waals surface area contributed by atoms with Crippen LogP contribution < -0.4 is 10.4 Å². The van der Waals surface area contributed by atoms with Crippen LogP contribution in [0.4, 0.5) is 5.69 Å². The lowest BCUT2D eigenvalue weighted by Crippen LogP contribution is -2.05. The Bertz CT molecular complexity index is 1010. The van der Waals surface area contributed by atoms with Crippen LogP contribution in [-0.2, 0) is 13.0 Å². The second-order valence-electron chi connectivity index (χ2n) is 5.79. The minimum atomic E-state index is -0.479. The predicted molar refractivity (Wildman–Crippen MR) is 94.0 cm³/mol. The van der Waals surface area contributed by atoms with Gasteiger partial charge in [0.2, 0.25) is 0 Å². The van der Waals surface area contributed by atoms with Gasteiger partial charge in [0.1, 0.15) is 12.2 Å². The number of hydrogen-bond donors (Lipinski definition) is 0. The summed E-state index contributed by atoms with van der Waals surface area (Å²) in [5.41, 5.74) is 2.38. The van der Waals surface area contributed by atoms with Crippen molar-refractivity contribution in [3.05, 3.63) is 79.7 Å². The normalized spacial score (nSPS) is 10.8. The van der Waals surface area contributed by atoms with Crippen LogP contribution in [0.5, 0.6) is 5.75 Å². The Balaban J connectivity index is 1.97. The zero-order chi connectivity index (χ0) is 18.0. The van der Waals surface area contributed by atoms with E-state index in [1.54, 1.807) is 19.1 Å². The second kappa shape index (κ2) is 6.76. The third kappa shape index (κ3) is 3.52. The number of rotatable bonds is 5. The summed E-state index contributed by atoms with van der Waals surface area (Å²) in [6.07, 6.45) is 0.829. The van der Waals surface area contributed by atoms with Crippen LogP contribution >= 0.6 is 0 Å². The molecule has 0 aliphatic heterocycles. The molecule has 0 spiro atoms. The fourth-order valence-electron chi connectivity index (χ4n) is 2.66. The van der Waals surface area contributed by atoms with E-state index in [2.05, 4.69) is 0 Å². The quantitative estimate of drug-likeness (QED) is 0.396. The minimum absolute atomic E-state index is 0.0392. The number of nitrogens with zero attached hydrogens (tertiary/aromatic N) is 1. The highest BCUT2D eigenvalue weighted by Crippen LogP contribution is 2.29. The lowest BCUT2D eigenvalue weighted by molar-refractivity contribution is -0.386. The Hall–Kier alpha value is -3.15. The van der Waals surface area contributed by atoms with E-state index in [0.29, 0.717) is 11.1 Å². The van der Waals surface area contributed by atoms with Gasteiger partial charge < -0.3 is 9.15 Å². The predicted octanol–water partition coefficient (Wildman–Crippen LogP) is 4.15. The summed E-state index contributed by atoms with van der Waals surface area (Å²) in [6, 6.07) is 11.8. The van der Waals surface area contributed by atoms with Gasteiger partial charge in [-0.3, -0.25) is 10.1 Å². The van der Waals surface area contributed by atoms with Crippen LogP contribution in [0.15, 0.2) is 51.7 Å². The van der Waals surface area contributed by atoms with Gasteiger partial charge in [-0.05, 0) is 36.6 Å². The number of benzene rings is 2. The van der Waals surface area contributed by atoms with Crippen LogP contribution in [-0.4, -0.2) is 4.92 Å². The highest BCUT2D eigenvalue weighted by Gasteiger charge is 2.16. The number of ether oxygens (including phenoxy) is 1. The molecule has 3 aromatic rings. The largest absolute Gasteiger partial charge is 0.482 e. The molecule has 0 bridgehead atoms. The summed E-state index contributed by atoms with van der Waals surface area (Å²) in [6.45, 7) is 3.83. The first-order chi connectivity index (χ1) is 12.0. The van der Waals surface area contributed by atoms with E-state index in [9.17, 15) is 14.9 Å². The van der Waals surface area contributed by atoms with E-state index in [1.807, 2.05) is 25.1 Å². The van der Waals surface area contributed by atoms with Gasteiger partial charge in [-0.25, -0.2) is 4.79 Å². The molecule has 0 atom stereocenters. The van der Waals surface area contributed by atoms with Gasteiger partial charge in [0.15, 0.2) is 5.75 Å². The molecule has 0 amide bonds. The zero-order valence-electron chi connectivity index (χ0n) is 13.9. The zero-order valence-corrected chi connectivity index (χ0v) is 13.9. The van der Waals surface area contributed by atoms with Crippen LogP contribution in [0.1, 0.15) is 23.6 Å². The summed E-state index contributed by atoms with van der Waals surface area (Å²) in [5, 5.41) is 11.9. The number of nitro groups is 1. The highest BCUT2D eigenvalue weighted by molar-refractivity contribution is 5.80. The maximum Gasteiger partial charge on any atom is 0.336 e. The van der Waals surface area contributed by atoms with E-state index in [1.165, 1.54) is 12.1 Å². The smallest absolute Gasteiger partial charge is 0.336 e.